The van der Waals surface area contributed by atoms with Gasteiger partial charge in [-0.05, 0) is 0 Å². The Morgan fingerprint density at radius 2 is 0.579 bits per heavy atom. The molecule has 0 nitrogen and oxygen atoms in total. The number of halogens is 2. The number of hydrogen-bond donors (Lipinski definition) is 0. The van der Waals surface area contributed by atoms with Crippen molar-refractivity contribution in [2.45, 2.75) is 0 Å². The Morgan fingerprint density at radius 3 is 0.789 bits per heavy atom. The van der Waals surface area contributed by atoms with Gasteiger partial charge in [-0.25, -0.2) is 0 Å². The van der Waals surface area contributed by atoms with E-state index in [1.54, 1.807) is 0 Å². The van der Waals surface area contributed by atoms with Crippen LogP contribution in [0.2, 0.25) is 0 Å². The van der Waals surface area contributed by atoms with Crippen molar-refractivity contribution in [2.75, 3.05) is 69.3 Å². The van der Waals surface area contributed by atoms with Gasteiger partial charge in [0.15, 0.2) is 0 Å². The van der Waals surface area contributed by atoms with Gasteiger partial charge in [0.05, 0.1) is 0 Å². The SMILES string of the molecule is ClCCSCCSCCSCCSCCSCCCl. The average Bonchev–Trinajstić information content (AvgIpc) is 2.43. The molecule has 0 saturated heterocycles. The lowest BCUT2D eigenvalue weighted by Crippen LogP contribution is -1.94. The van der Waals surface area contributed by atoms with E-state index in [1.807, 2.05) is 23.5 Å². The van der Waals surface area contributed by atoms with E-state index in [0.717, 1.165) is 23.3 Å². The van der Waals surface area contributed by atoms with E-state index < -0.39 is 0 Å². The second-order valence-electron chi connectivity index (χ2n) is 3.44. The van der Waals surface area contributed by atoms with Gasteiger partial charge in [-0.3, -0.25) is 0 Å². The van der Waals surface area contributed by atoms with Crippen LogP contribution in [-0.4, -0.2) is 69.3 Å². The van der Waals surface area contributed by atoms with Crippen LogP contribution in [0, 0.1) is 0 Å². The van der Waals surface area contributed by atoms with Crippen molar-refractivity contribution in [2.24, 2.45) is 0 Å². The maximum Gasteiger partial charge on any atom is 0.0314 e. The number of alkyl halides is 2. The van der Waals surface area contributed by atoms with Gasteiger partial charge in [0.2, 0.25) is 0 Å². The van der Waals surface area contributed by atoms with Crippen LogP contribution in [-0.2, 0) is 0 Å². The Morgan fingerprint density at radius 1 is 0.368 bits per heavy atom. The Bertz CT molecular complexity index is 147. The first-order chi connectivity index (χ1) is 9.41. The highest BCUT2D eigenvalue weighted by molar-refractivity contribution is 8.05. The molecule has 0 rings (SSSR count). The molecule has 0 aliphatic carbocycles. The Balaban J connectivity index is 2.88. The molecule has 19 heavy (non-hydrogen) atoms. The summed E-state index contributed by atoms with van der Waals surface area (Å²) in [6, 6.07) is 0. The Kier molecular flexibility index (Phi) is 22.8. The number of thioether (sulfide) groups is 5. The first-order valence-corrected chi connectivity index (χ1v) is 13.3. The molecular formula is C12H24Cl2S5. The Labute approximate surface area is 150 Å². The van der Waals surface area contributed by atoms with Gasteiger partial charge < -0.3 is 0 Å². The molecule has 0 aliphatic heterocycles. The van der Waals surface area contributed by atoms with E-state index >= 15 is 0 Å². The molecule has 0 saturated carbocycles. The zero-order chi connectivity index (χ0) is 14.0. The van der Waals surface area contributed by atoms with Crippen LogP contribution in [0.25, 0.3) is 0 Å². The minimum atomic E-state index is 0.785. The third kappa shape index (κ3) is 20.3. The maximum atomic E-state index is 5.62. The van der Waals surface area contributed by atoms with Gasteiger partial charge in [-0.1, -0.05) is 0 Å². The highest BCUT2D eigenvalue weighted by Crippen LogP contribution is 2.13. The zero-order valence-electron chi connectivity index (χ0n) is 11.3. The van der Waals surface area contributed by atoms with Crippen molar-refractivity contribution in [3.05, 3.63) is 0 Å². The van der Waals surface area contributed by atoms with Crippen LogP contribution in [0.1, 0.15) is 0 Å². The van der Waals surface area contributed by atoms with Crippen molar-refractivity contribution in [3.8, 4) is 0 Å². The van der Waals surface area contributed by atoms with E-state index in [0.29, 0.717) is 0 Å². The smallest absolute Gasteiger partial charge is 0.0314 e. The summed E-state index contributed by atoms with van der Waals surface area (Å²) in [5, 5.41) is 0. The molecule has 0 heterocycles. The van der Waals surface area contributed by atoms with Crippen LogP contribution in [0.15, 0.2) is 0 Å². The fraction of sp³-hybridized carbons (Fsp3) is 1.00. The molecule has 0 aromatic carbocycles. The fourth-order valence-corrected chi connectivity index (χ4v) is 6.76. The van der Waals surface area contributed by atoms with Crippen LogP contribution in [0.5, 0.6) is 0 Å². The highest BCUT2D eigenvalue weighted by Gasteiger charge is 1.94. The molecule has 0 bridgehead atoms. The van der Waals surface area contributed by atoms with Crippen molar-refractivity contribution in [3.63, 3.8) is 0 Å². The first-order valence-electron chi connectivity index (χ1n) is 6.42. The molecule has 0 fully saturated rings. The zero-order valence-corrected chi connectivity index (χ0v) is 16.9. The molecule has 116 valence electrons. The number of hydrogen-bond acceptors (Lipinski definition) is 5. The van der Waals surface area contributed by atoms with Crippen molar-refractivity contribution < 1.29 is 0 Å². The monoisotopic (exact) mass is 398 g/mol. The first kappa shape index (κ1) is 21.3. The van der Waals surface area contributed by atoms with Crippen molar-refractivity contribution in [1.29, 1.82) is 0 Å². The lowest BCUT2D eigenvalue weighted by Gasteiger charge is -2.03. The predicted octanol–water partition coefficient (Wildman–Crippen LogP) is 5.13. The summed E-state index contributed by atoms with van der Waals surface area (Å²) in [6.07, 6.45) is 0. The quantitative estimate of drug-likeness (QED) is 0.260. The third-order valence-electron chi connectivity index (χ3n) is 1.93. The van der Waals surface area contributed by atoms with Crippen molar-refractivity contribution in [1.82, 2.24) is 0 Å². The second kappa shape index (κ2) is 20.3. The van der Waals surface area contributed by atoms with E-state index in [-0.39, 0.29) is 0 Å². The molecule has 0 radical (unpaired) electrons. The van der Waals surface area contributed by atoms with Gasteiger partial charge in [0.1, 0.15) is 0 Å². The number of rotatable bonds is 16. The predicted molar refractivity (Wildman–Crippen MR) is 108 cm³/mol. The molecular weight excluding hydrogens is 375 g/mol. The summed E-state index contributed by atoms with van der Waals surface area (Å²) >= 11 is 21.4. The van der Waals surface area contributed by atoms with E-state index in [2.05, 4.69) is 35.3 Å². The topological polar surface area (TPSA) is 0 Å². The van der Waals surface area contributed by atoms with E-state index in [9.17, 15) is 0 Å². The fourth-order valence-electron chi connectivity index (χ4n) is 1.09. The summed E-state index contributed by atoms with van der Waals surface area (Å²) in [6.45, 7) is 0. The molecule has 0 atom stereocenters. The molecule has 0 aromatic rings. The van der Waals surface area contributed by atoms with Crippen LogP contribution < -0.4 is 0 Å². The second-order valence-corrected chi connectivity index (χ2v) is 10.3. The molecule has 0 aromatic heterocycles. The van der Waals surface area contributed by atoms with E-state index in [1.165, 1.54) is 46.0 Å². The van der Waals surface area contributed by atoms with Crippen LogP contribution in [0.4, 0.5) is 0 Å². The van der Waals surface area contributed by atoms with E-state index in [4.69, 9.17) is 23.2 Å². The lowest BCUT2D eigenvalue weighted by atomic mass is 10.9. The normalized spacial score (nSPS) is 11.1. The molecule has 0 unspecified atom stereocenters. The highest BCUT2D eigenvalue weighted by atomic mass is 35.5. The van der Waals surface area contributed by atoms with Gasteiger partial charge in [-0.15, -0.1) is 23.2 Å². The lowest BCUT2D eigenvalue weighted by molar-refractivity contribution is 1.44. The maximum absolute atomic E-state index is 5.62. The van der Waals surface area contributed by atoms with Gasteiger partial charge in [0.25, 0.3) is 0 Å². The Hall–Kier alpha value is 2.33. The molecule has 0 aliphatic rings. The standard InChI is InChI=1S/C12H24Cl2S5/c13-1-3-15-5-7-17-9-11-19-12-10-18-8-6-16-4-2-14/h1-12H2. The minimum Gasteiger partial charge on any atom is -0.160 e. The molecule has 7 heteroatoms. The summed E-state index contributed by atoms with van der Waals surface area (Å²) in [5.41, 5.74) is 0. The minimum absolute atomic E-state index is 0.785. The van der Waals surface area contributed by atoms with Gasteiger partial charge >= 0.3 is 0 Å². The average molecular weight is 400 g/mol. The van der Waals surface area contributed by atoms with Gasteiger partial charge in [-0.2, -0.15) is 58.8 Å². The molecule has 0 amide bonds. The summed E-state index contributed by atoms with van der Waals surface area (Å²) in [5.74, 6) is 14.0. The third-order valence-corrected chi connectivity index (χ3v) is 8.72. The van der Waals surface area contributed by atoms with Crippen LogP contribution in [0.3, 0.4) is 0 Å². The van der Waals surface area contributed by atoms with Crippen LogP contribution >= 0.6 is 82.0 Å². The van der Waals surface area contributed by atoms with Gasteiger partial charge in [0, 0.05) is 69.3 Å². The molecule has 0 N–H and O–H groups in total. The molecule has 0 spiro atoms. The summed E-state index contributed by atoms with van der Waals surface area (Å²) < 4.78 is 0. The van der Waals surface area contributed by atoms with Crippen molar-refractivity contribution >= 4 is 82.0 Å². The summed E-state index contributed by atoms with van der Waals surface area (Å²) in [7, 11) is 0. The summed E-state index contributed by atoms with van der Waals surface area (Å²) in [4.78, 5) is 0. The largest absolute Gasteiger partial charge is 0.160 e.